The predicted octanol–water partition coefficient (Wildman–Crippen LogP) is 4.03. The van der Waals surface area contributed by atoms with E-state index in [1.54, 1.807) is 18.5 Å². The summed E-state index contributed by atoms with van der Waals surface area (Å²) >= 11 is 0. The Morgan fingerprint density at radius 2 is 1.90 bits per heavy atom. The van der Waals surface area contributed by atoms with Gasteiger partial charge in [-0.2, -0.15) is 0 Å². The van der Waals surface area contributed by atoms with Gasteiger partial charge in [-0.05, 0) is 42.0 Å². The monoisotopic (exact) mass is 392 g/mol. The molecule has 1 saturated heterocycles. The van der Waals surface area contributed by atoms with Gasteiger partial charge in [0, 0.05) is 25.8 Å². The minimum atomic E-state index is -0.267. The van der Waals surface area contributed by atoms with Crippen molar-refractivity contribution in [3.63, 3.8) is 0 Å². The Morgan fingerprint density at radius 3 is 2.69 bits per heavy atom. The number of halogens is 1. The summed E-state index contributed by atoms with van der Waals surface area (Å²) in [5, 5.41) is 13.0. The van der Waals surface area contributed by atoms with Crippen LogP contribution >= 0.6 is 0 Å². The lowest BCUT2D eigenvalue weighted by Gasteiger charge is -2.32. The molecule has 1 fully saturated rings. The molecule has 2 unspecified atom stereocenters. The number of hydrogen-bond donors (Lipinski definition) is 2. The first-order chi connectivity index (χ1) is 14.2. The maximum atomic E-state index is 13.9. The summed E-state index contributed by atoms with van der Waals surface area (Å²) in [7, 11) is 0. The smallest absolute Gasteiger partial charge is 0.134 e. The molecule has 150 valence electrons. The molecule has 0 aliphatic carbocycles. The minimum absolute atomic E-state index is 0.197. The summed E-state index contributed by atoms with van der Waals surface area (Å²) in [5.41, 5.74) is 1.85. The van der Waals surface area contributed by atoms with Crippen LogP contribution in [0.4, 0.5) is 16.0 Å². The van der Waals surface area contributed by atoms with Crippen molar-refractivity contribution >= 4 is 11.6 Å². The highest BCUT2D eigenvalue weighted by Gasteiger charge is 2.21. The number of benzene rings is 2. The van der Waals surface area contributed by atoms with Crippen LogP contribution in [0.1, 0.15) is 30.0 Å². The topological polar surface area (TPSA) is 61.3 Å². The second kappa shape index (κ2) is 9.01. The van der Waals surface area contributed by atoms with Gasteiger partial charge in [0.25, 0.3) is 0 Å². The highest BCUT2D eigenvalue weighted by Crippen LogP contribution is 2.28. The van der Waals surface area contributed by atoms with E-state index in [2.05, 4.69) is 20.2 Å². The fourth-order valence-electron chi connectivity index (χ4n) is 3.86. The third kappa shape index (κ3) is 4.71. The van der Waals surface area contributed by atoms with Gasteiger partial charge in [-0.15, -0.1) is 0 Å². The SMILES string of the molecule is OCC1CCCN(c2cc(NC(c3ccccc3)c3cccc(F)c3)ncn2)C1. The Balaban J connectivity index is 1.61. The molecule has 5 nitrogen and oxygen atoms in total. The number of aliphatic hydroxyl groups is 1. The largest absolute Gasteiger partial charge is 0.396 e. The highest BCUT2D eigenvalue weighted by molar-refractivity contribution is 5.52. The van der Waals surface area contributed by atoms with Crippen molar-refractivity contribution in [2.24, 2.45) is 5.92 Å². The fraction of sp³-hybridized carbons (Fsp3) is 0.304. The van der Waals surface area contributed by atoms with Crippen LogP contribution in [-0.4, -0.2) is 34.8 Å². The van der Waals surface area contributed by atoms with E-state index in [9.17, 15) is 9.50 Å². The number of anilines is 2. The standard InChI is InChI=1S/C23H25FN4O/c24-20-10-4-9-19(12-20)23(18-7-2-1-3-8-18)27-21-13-22(26-16-25-21)28-11-5-6-17(14-28)15-29/h1-4,7-10,12-13,16-17,23,29H,5-6,11,14-15H2,(H,25,26,27). The van der Waals surface area contributed by atoms with Crippen LogP contribution in [0.5, 0.6) is 0 Å². The van der Waals surface area contributed by atoms with E-state index < -0.39 is 0 Å². The molecular weight excluding hydrogens is 367 g/mol. The summed E-state index contributed by atoms with van der Waals surface area (Å²) in [5.74, 6) is 1.53. The van der Waals surface area contributed by atoms with Gasteiger partial charge < -0.3 is 15.3 Å². The lowest BCUT2D eigenvalue weighted by molar-refractivity contribution is 0.208. The number of hydrogen-bond acceptors (Lipinski definition) is 5. The minimum Gasteiger partial charge on any atom is -0.396 e. The van der Waals surface area contributed by atoms with E-state index in [-0.39, 0.29) is 24.4 Å². The van der Waals surface area contributed by atoms with Gasteiger partial charge >= 0.3 is 0 Å². The Morgan fingerprint density at radius 1 is 1.07 bits per heavy atom. The molecule has 2 aromatic carbocycles. The summed E-state index contributed by atoms with van der Waals surface area (Å²) in [6, 6.07) is 18.2. The van der Waals surface area contributed by atoms with Crippen molar-refractivity contribution < 1.29 is 9.50 Å². The van der Waals surface area contributed by atoms with Crippen molar-refractivity contribution in [1.29, 1.82) is 0 Å². The Hall–Kier alpha value is -2.99. The molecule has 2 N–H and O–H groups in total. The molecule has 0 spiro atoms. The van der Waals surface area contributed by atoms with Gasteiger partial charge in [-0.25, -0.2) is 14.4 Å². The van der Waals surface area contributed by atoms with Crippen LogP contribution < -0.4 is 10.2 Å². The molecule has 1 aromatic heterocycles. The first-order valence-corrected chi connectivity index (χ1v) is 9.98. The second-order valence-corrected chi connectivity index (χ2v) is 7.44. The molecule has 1 aliphatic rings. The summed E-state index contributed by atoms with van der Waals surface area (Å²) < 4.78 is 13.9. The van der Waals surface area contributed by atoms with Crippen LogP contribution in [0.2, 0.25) is 0 Å². The summed E-state index contributed by atoms with van der Waals surface area (Å²) in [6.07, 6.45) is 3.63. The number of aromatic nitrogens is 2. The van der Waals surface area contributed by atoms with E-state index in [1.165, 1.54) is 6.07 Å². The maximum absolute atomic E-state index is 13.9. The van der Waals surface area contributed by atoms with E-state index in [4.69, 9.17) is 0 Å². The molecule has 0 bridgehead atoms. The zero-order valence-electron chi connectivity index (χ0n) is 16.2. The molecule has 2 heterocycles. The summed E-state index contributed by atoms with van der Waals surface area (Å²) in [4.78, 5) is 11.0. The molecule has 2 atom stereocenters. The Kier molecular flexibility index (Phi) is 6.00. The van der Waals surface area contributed by atoms with Gasteiger partial charge in [0.2, 0.25) is 0 Å². The van der Waals surface area contributed by atoms with E-state index in [1.807, 2.05) is 42.5 Å². The average molecular weight is 392 g/mol. The normalized spacial score (nSPS) is 17.7. The zero-order chi connectivity index (χ0) is 20.1. The molecule has 0 amide bonds. The van der Waals surface area contributed by atoms with Crippen LogP contribution in [0, 0.1) is 11.7 Å². The highest BCUT2D eigenvalue weighted by atomic mass is 19.1. The van der Waals surface area contributed by atoms with E-state index >= 15 is 0 Å². The molecule has 0 saturated carbocycles. The van der Waals surface area contributed by atoms with Crippen LogP contribution in [-0.2, 0) is 0 Å². The lowest BCUT2D eigenvalue weighted by atomic mass is 9.98. The van der Waals surface area contributed by atoms with Gasteiger partial charge in [0.15, 0.2) is 0 Å². The fourth-order valence-corrected chi connectivity index (χ4v) is 3.86. The Labute approximate surface area is 170 Å². The van der Waals surface area contributed by atoms with Gasteiger partial charge in [0.05, 0.1) is 6.04 Å². The van der Waals surface area contributed by atoms with Crippen molar-refractivity contribution in [2.75, 3.05) is 29.9 Å². The first-order valence-electron chi connectivity index (χ1n) is 9.98. The van der Waals surface area contributed by atoms with Crippen LogP contribution in [0.3, 0.4) is 0 Å². The quantitative estimate of drug-likeness (QED) is 0.663. The van der Waals surface area contributed by atoms with Gasteiger partial charge in [-0.1, -0.05) is 42.5 Å². The number of nitrogens with zero attached hydrogens (tertiary/aromatic N) is 3. The maximum Gasteiger partial charge on any atom is 0.134 e. The molecule has 29 heavy (non-hydrogen) atoms. The third-order valence-electron chi connectivity index (χ3n) is 5.36. The van der Waals surface area contributed by atoms with E-state index in [0.29, 0.717) is 5.82 Å². The first kappa shape index (κ1) is 19.3. The van der Waals surface area contributed by atoms with E-state index in [0.717, 1.165) is 42.9 Å². The third-order valence-corrected chi connectivity index (χ3v) is 5.36. The molecular formula is C23H25FN4O. The van der Waals surface area contributed by atoms with Crippen LogP contribution in [0.25, 0.3) is 0 Å². The van der Waals surface area contributed by atoms with Crippen molar-refractivity contribution in [3.8, 4) is 0 Å². The average Bonchev–Trinajstić information content (AvgIpc) is 2.78. The molecule has 4 rings (SSSR count). The number of piperidine rings is 1. The molecule has 3 aromatic rings. The molecule has 0 radical (unpaired) electrons. The Bertz CT molecular complexity index is 937. The lowest BCUT2D eigenvalue weighted by Crippen LogP contribution is -2.37. The predicted molar refractivity (Wildman–Crippen MR) is 112 cm³/mol. The number of nitrogens with one attached hydrogen (secondary N) is 1. The van der Waals surface area contributed by atoms with Crippen molar-refractivity contribution in [3.05, 3.63) is 83.9 Å². The molecule has 1 aliphatic heterocycles. The van der Waals surface area contributed by atoms with Gasteiger partial charge in [-0.3, -0.25) is 0 Å². The molecule has 6 heteroatoms. The zero-order valence-corrected chi connectivity index (χ0v) is 16.2. The summed E-state index contributed by atoms with van der Waals surface area (Å²) in [6.45, 7) is 1.90. The number of rotatable bonds is 6. The van der Waals surface area contributed by atoms with Gasteiger partial charge in [0.1, 0.15) is 23.8 Å². The van der Waals surface area contributed by atoms with Crippen molar-refractivity contribution in [2.45, 2.75) is 18.9 Å². The second-order valence-electron chi connectivity index (χ2n) is 7.44. The van der Waals surface area contributed by atoms with Crippen LogP contribution in [0.15, 0.2) is 67.0 Å². The number of aliphatic hydroxyl groups excluding tert-OH is 1. The van der Waals surface area contributed by atoms with Crippen molar-refractivity contribution in [1.82, 2.24) is 9.97 Å².